The molecule has 0 radical (unpaired) electrons. The molecule has 2 atom stereocenters. The second-order valence-corrected chi connectivity index (χ2v) is 6.76. The van der Waals surface area contributed by atoms with Gasteiger partial charge in [0.15, 0.2) is 23.7 Å². The van der Waals surface area contributed by atoms with Crippen molar-refractivity contribution in [3.8, 4) is 11.5 Å². The average molecular weight is 376 g/mol. The van der Waals surface area contributed by atoms with E-state index in [4.69, 9.17) is 18.9 Å². The van der Waals surface area contributed by atoms with Crippen LogP contribution in [0.15, 0.2) is 84.9 Å². The normalized spacial score (nSPS) is 18.0. The first-order chi connectivity index (χ1) is 13.9. The van der Waals surface area contributed by atoms with Gasteiger partial charge in [0.1, 0.15) is 0 Å². The predicted molar refractivity (Wildman–Crippen MR) is 107 cm³/mol. The zero-order valence-corrected chi connectivity index (χ0v) is 15.7. The summed E-state index contributed by atoms with van der Waals surface area (Å²) < 4.78 is 24.1. The van der Waals surface area contributed by atoms with Gasteiger partial charge in [-0.3, -0.25) is 0 Å². The van der Waals surface area contributed by atoms with Crippen LogP contribution in [-0.4, -0.2) is 25.4 Å². The zero-order chi connectivity index (χ0) is 19.0. The Bertz CT molecular complexity index is 778. The van der Waals surface area contributed by atoms with Gasteiger partial charge in [-0.15, -0.1) is 0 Å². The summed E-state index contributed by atoms with van der Waals surface area (Å²) in [5.74, 6) is 1.49. The van der Waals surface area contributed by atoms with Gasteiger partial charge in [-0.1, -0.05) is 72.8 Å². The van der Waals surface area contributed by atoms with Crippen LogP contribution in [0.25, 0.3) is 0 Å². The minimum atomic E-state index is -0.227. The van der Waals surface area contributed by atoms with Crippen molar-refractivity contribution in [2.75, 3.05) is 13.2 Å². The van der Waals surface area contributed by atoms with Gasteiger partial charge in [0, 0.05) is 0 Å². The van der Waals surface area contributed by atoms with Gasteiger partial charge in [-0.2, -0.15) is 0 Å². The van der Waals surface area contributed by atoms with Gasteiger partial charge in [-0.25, -0.2) is 0 Å². The van der Waals surface area contributed by atoms with E-state index >= 15 is 0 Å². The van der Waals surface area contributed by atoms with E-state index in [-0.39, 0.29) is 12.2 Å². The fourth-order valence-electron chi connectivity index (χ4n) is 3.14. The number of rotatable bonds is 8. The number of fused-ring (bicyclic) bond motifs is 1. The molecule has 0 N–H and O–H groups in total. The molecule has 4 nitrogen and oxygen atoms in total. The molecular weight excluding hydrogens is 352 g/mol. The minimum Gasteiger partial charge on any atom is -0.480 e. The fraction of sp³-hybridized carbons (Fsp3) is 0.250. The van der Waals surface area contributed by atoms with Crippen LogP contribution >= 0.6 is 0 Å². The van der Waals surface area contributed by atoms with Crippen LogP contribution in [0, 0.1) is 0 Å². The van der Waals surface area contributed by atoms with Crippen molar-refractivity contribution in [1.82, 2.24) is 0 Å². The maximum Gasteiger partial charge on any atom is 0.161 e. The van der Waals surface area contributed by atoms with Gasteiger partial charge in [0.2, 0.25) is 0 Å². The molecule has 4 rings (SSSR count). The maximum atomic E-state index is 6.16. The second-order valence-electron chi connectivity index (χ2n) is 6.76. The zero-order valence-electron chi connectivity index (χ0n) is 15.7. The molecule has 1 aliphatic rings. The first kappa shape index (κ1) is 18.5. The van der Waals surface area contributed by atoms with E-state index in [1.165, 1.54) is 0 Å². The van der Waals surface area contributed by atoms with Crippen molar-refractivity contribution in [3.63, 3.8) is 0 Å². The molecule has 1 aliphatic heterocycles. The molecular formula is C24H24O4. The highest BCUT2D eigenvalue weighted by atomic mass is 16.6. The van der Waals surface area contributed by atoms with E-state index < -0.39 is 0 Å². The van der Waals surface area contributed by atoms with Crippen LogP contribution in [0.3, 0.4) is 0 Å². The topological polar surface area (TPSA) is 36.9 Å². The van der Waals surface area contributed by atoms with Gasteiger partial charge >= 0.3 is 0 Å². The number of hydrogen-bond acceptors (Lipinski definition) is 4. The average Bonchev–Trinajstić information content (AvgIpc) is 2.75. The first-order valence-electron chi connectivity index (χ1n) is 9.54. The Morgan fingerprint density at radius 1 is 0.536 bits per heavy atom. The number of para-hydroxylation sites is 2. The lowest BCUT2D eigenvalue weighted by Gasteiger charge is -2.33. The first-order valence-corrected chi connectivity index (χ1v) is 9.54. The molecule has 4 heteroatoms. The van der Waals surface area contributed by atoms with Gasteiger partial charge in [-0.05, 0) is 23.3 Å². The highest BCUT2D eigenvalue weighted by molar-refractivity contribution is 5.41. The molecule has 3 aromatic rings. The third kappa shape index (κ3) is 4.91. The molecule has 0 amide bonds. The third-order valence-electron chi connectivity index (χ3n) is 4.61. The summed E-state index contributed by atoms with van der Waals surface area (Å²) in [7, 11) is 0. The van der Waals surface area contributed by atoms with Crippen LogP contribution in [0.2, 0.25) is 0 Å². The third-order valence-corrected chi connectivity index (χ3v) is 4.61. The molecule has 0 unspecified atom stereocenters. The Morgan fingerprint density at radius 2 is 0.929 bits per heavy atom. The van der Waals surface area contributed by atoms with Gasteiger partial charge in [0.05, 0.1) is 26.4 Å². The monoisotopic (exact) mass is 376 g/mol. The summed E-state index contributed by atoms with van der Waals surface area (Å²) in [4.78, 5) is 0. The predicted octanol–water partition coefficient (Wildman–Crippen LogP) is 4.63. The summed E-state index contributed by atoms with van der Waals surface area (Å²) >= 11 is 0. The van der Waals surface area contributed by atoms with Crippen molar-refractivity contribution in [2.24, 2.45) is 0 Å². The molecule has 0 aromatic heterocycles. The fourth-order valence-corrected chi connectivity index (χ4v) is 3.14. The number of ether oxygens (including phenoxy) is 4. The summed E-state index contributed by atoms with van der Waals surface area (Å²) in [5, 5.41) is 0. The summed E-state index contributed by atoms with van der Waals surface area (Å²) in [6.07, 6.45) is -0.455. The smallest absolute Gasteiger partial charge is 0.161 e. The molecule has 0 bridgehead atoms. The standard InChI is InChI=1S/C24H24O4/c1-3-9-19(10-4-1)15-25-17-23-24(18-26-16-20-11-5-2-6-12-20)28-22-14-8-7-13-21(22)27-23/h1-14,23-24H,15-18H2/t23-,24+. The van der Waals surface area contributed by atoms with E-state index in [0.717, 1.165) is 22.6 Å². The largest absolute Gasteiger partial charge is 0.480 e. The highest BCUT2D eigenvalue weighted by Gasteiger charge is 2.32. The van der Waals surface area contributed by atoms with Crippen molar-refractivity contribution >= 4 is 0 Å². The Kier molecular flexibility index (Phi) is 6.22. The molecule has 0 aliphatic carbocycles. The maximum absolute atomic E-state index is 6.16. The van der Waals surface area contributed by atoms with E-state index in [1.54, 1.807) is 0 Å². The lowest BCUT2D eigenvalue weighted by molar-refractivity contribution is -0.0714. The molecule has 28 heavy (non-hydrogen) atoms. The number of hydrogen-bond donors (Lipinski definition) is 0. The lowest BCUT2D eigenvalue weighted by atomic mass is 10.1. The van der Waals surface area contributed by atoms with Crippen LogP contribution < -0.4 is 9.47 Å². The van der Waals surface area contributed by atoms with Gasteiger partial charge in [0.25, 0.3) is 0 Å². The molecule has 1 heterocycles. The van der Waals surface area contributed by atoms with E-state index in [9.17, 15) is 0 Å². The Hall–Kier alpha value is -2.82. The van der Waals surface area contributed by atoms with Crippen LogP contribution in [-0.2, 0) is 22.7 Å². The molecule has 0 saturated carbocycles. The Morgan fingerprint density at radius 3 is 1.36 bits per heavy atom. The van der Waals surface area contributed by atoms with Crippen LogP contribution in [0.1, 0.15) is 11.1 Å². The Balaban J connectivity index is 1.36. The van der Waals surface area contributed by atoms with E-state index in [1.807, 2.05) is 84.9 Å². The highest BCUT2D eigenvalue weighted by Crippen LogP contribution is 2.33. The summed E-state index contributed by atoms with van der Waals surface area (Å²) in [6.45, 7) is 1.95. The van der Waals surface area contributed by atoms with Crippen molar-refractivity contribution in [2.45, 2.75) is 25.4 Å². The van der Waals surface area contributed by atoms with Crippen molar-refractivity contribution < 1.29 is 18.9 Å². The quantitative estimate of drug-likeness (QED) is 0.574. The second kappa shape index (κ2) is 9.40. The lowest BCUT2D eigenvalue weighted by Crippen LogP contribution is -2.45. The summed E-state index contributed by atoms with van der Waals surface area (Å²) in [5.41, 5.74) is 2.27. The SMILES string of the molecule is c1ccc(COC[C@@H]2Oc3ccccc3O[C@@H]2COCc2ccccc2)cc1. The number of benzene rings is 3. The van der Waals surface area contributed by atoms with Crippen LogP contribution in [0.5, 0.6) is 11.5 Å². The molecule has 144 valence electrons. The van der Waals surface area contributed by atoms with Crippen molar-refractivity contribution in [1.29, 1.82) is 0 Å². The Labute approximate surface area is 165 Å². The molecule has 0 spiro atoms. The van der Waals surface area contributed by atoms with Gasteiger partial charge < -0.3 is 18.9 Å². The van der Waals surface area contributed by atoms with Crippen LogP contribution in [0.4, 0.5) is 0 Å². The molecule has 0 saturated heterocycles. The van der Waals surface area contributed by atoms with E-state index in [2.05, 4.69) is 0 Å². The summed E-state index contributed by atoms with van der Waals surface area (Å²) in [6, 6.07) is 27.9. The minimum absolute atomic E-state index is 0.227. The van der Waals surface area contributed by atoms with E-state index in [0.29, 0.717) is 26.4 Å². The molecule has 3 aromatic carbocycles. The van der Waals surface area contributed by atoms with Crippen molar-refractivity contribution in [3.05, 3.63) is 96.1 Å². The molecule has 0 fully saturated rings.